The summed E-state index contributed by atoms with van der Waals surface area (Å²) in [5.74, 6) is 0.665. The van der Waals surface area contributed by atoms with Crippen molar-refractivity contribution >= 4 is 27.3 Å². The Hall–Kier alpha value is -2.78. The monoisotopic (exact) mass is 432 g/mol. The average Bonchev–Trinajstić information content (AvgIpc) is 3.42. The van der Waals surface area contributed by atoms with Crippen LogP contribution in [0.5, 0.6) is 11.5 Å². The molecule has 9 heteroatoms. The molecular formula is C21H24N2O6S. The molecule has 0 saturated carbocycles. The zero-order valence-corrected chi connectivity index (χ0v) is 17.7. The molecule has 0 aliphatic carbocycles. The van der Waals surface area contributed by atoms with Crippen LogP contribution in [-0.2, 0) is 26.0 Å². The van der Waals surface area contributed by atoms with Crippen molar-refractivity contribution in [1.82, 2.24) is 0 Å². The molecule has 2 aromatic carbocycles. The van der Waals surface area contributed by atoms with Gasteiger partial charge in [-0.1, -0.05) is 0 Å². The first kappa shape index (κ1) is 20.5. The molecule has 4 rings (SSSR count). The summed E-state index contributed by atoms with van der Waals surface area (Å²) in [6.07, 6.45) is 1.92. The van der Waals surface area contributed by atoms with Gasteiger partial charge in [0.1, 0.15) is 22.5 Å². The summed E-state index contributed by atoms with van der Waals surface area (Å²) in [5.41, 5.74) is 2.15. The fraction of sp³-hybridized carbons (Fsp3) is 0.381. The van der Waals surface area contributed by atoms with Crippen LogP contribution in [0, 0.1) is 0 Å². The normalized spacial score (nSPS) is 18.2. The summed E-state index contributed by atoms with van der Waals surface area (Å²) in [5, 5.41) is 0. The molecule has 2 aliphatic heterocycles. The maximum absolute atomic E-state index is 12.9. The zero-order valence-electron chi connectivity index (χ0n) is 16.9. The molecule has 0 spiro atoms. The molecule has 8 nitrogen and oxygen atoms in total. The summed E-state index contributed by atoms with van der Waals surface area (Å²) in [7, 11) is -0.968. The molecule has 2 aromatic rings. The number of benzene rings is 2. The Morgan fingerprint density at radius 1 is 1.17 bits per heavy atom. The van der Waals surface area contributed by atoms with Crippen LogP contribution in [0.3, 0.4) is 0 Å². The minimum absolute atomic E-state index is 0.0153. The minimum atomic E-state index is -3.87. The Morgan fingerprint density at radius 3 is 2.70 bits per heavy atom. The van der Waals surface area contributed by atoms with E-state index in [1.54, 1.807) is 29.2 Å². The van der Waals surface area contributed by atoms with E-state index in [4.69, 9.17) is 14.2 Å². The number of carbonyl (C=O) groups is 1. The van der Waals surface area contributed by atoms with Crippen LogP contribution in [0.1, 0.15) is 18.4 Å². The number of ether oxygens (including phenoxy) is 3. The topological polar surface area (TPSA) is 94.2 Å². The van der Waals surface area contributed by atoms with E-state index in [2.05, 4.69) is 4.72 Å². The van der Waals surface area contributed by atoms with Crippen molar-refractivity contribution in [1.29, 1.82) is 0 Å². The van der Waals surface area contributed by atoms with Crippen LogP contribution in [-0.4, -0.2) is 47.8 Å². The van der Waals surface area contributed by atoms with Gasteiger partial charge in [0, 0.05) is 30.6 Å². The first-order chi connectivity index (χ1) is 14.4. The molecule has 2 heterocycles. The number of amides is 1. The first-order valence-electron chi connectivity index (χ1n) is 9.73. The molecule has 1 atom stereocenters. The number of sulfonamides is 1. The van der Waals surface area contributed by atoms with Gasteiger partial charge < -0.3 is 19.1 Å². The van der Waals surface area contributed by atoms with Crippen molar-refractivity contribution in [2.24, 2.45) is 0 Å². The van der Waals surface area contributed by atoms with Crippen molar-refractivity contribution in [3.8, 4) is 11.5 Å². The van der Waals surface area contributed by atoms with Gasteiger partial charge in [0.05, 0.1) is 14.2 Å². The Morgan fingerprint density at radius 2 is 2.00 bits per heavy atom. The molecular weight excluding hydrogens is 408 g/mol. The lowest BCUT2D eigenvalue weighted by Crippen LogP contribution is -2.37. The van der Waals surface area contributed by atoms with E-state index in [-0.39, 0.29) is 22.7 Å². The standard InChI is InChI=1S/C21H24N2O6S/c1-27-16-6-8-20(19(13-16)28-2)30(25,26)22-15-5-7-17-14(12-15)9-10-23(17)21(24)18-4-3-11-29-18/h5-8,12-13,18,22H,3-4,9-11H2,1-2H3. The van der Waals surface area contributed by atoms with Crippen molar-refractivity contribution < 1.29 is 27.4 Å². The van der Waals surface area contributed by atoms with Crippen LogP contribution in [0.2, 0.25) is 0 Å². The lowest BCUT2D eigenvalue weighted by molar-refractivity contribution is -0.127. The number of fused-ring (bicyclic) bond motifs is 1. The van der Waals surface area contributed by atoms with Crippen LogP contribution < -0.4 is 19.1 Å². The van der Waals surface area contributed by atoms with Gasteiger partial charge >= 0.3 is 0 Å². The third-order valence-corrected chi connectivity index (χ3v) is 6.78. The van der Waals surface area contributed by atoms with E-state index in [1.807, 2.05) is 0 Å². The predicted octanol–water partition coefficient (Wildman–Crippen LogP) is 2.57. The molecule has 0 bridgehead atoms. The van der Waals surface area contributed by atoms with Gasteiger partial charge in [0.25, 0.3) is 15.9 Å². The lowest BCUT2D eigenvalue weighted by atomic mass is 10.1. The highest BCUT2D eigenvalue weighted by atomic mass is 32.2. The maximum Gasteiger partial charge on any atom is 0.265 e. The molecule has 1 N–H and O–H groups in total. The van der Waals surface area contributed by atoms with Gasteiger partial charge in [0.2, 0.25) is 0 Å². The van der Waals surface area contributed by atoms with Gasteiger partial charge in [-0.25, -0.2) is 8.42 Å². The summed E-state index contributed by atoms with van der Waals surface area (Å²) >= 11 is 0. The number of anilines is 2. The number of rotatable bonds is 6. The van der Waals surface area contributed by atoms with Crippen molar-refractivity contribution in [3.05, 3.63) is 42.0 Å². The Balaban J connectivity index is 1.56. The molecule has 1 unspecified atom stereocenters. The SMILES string of the molecule is COc1ccc(S(=O)(=O)Nc2ccc3c(c2)CCN3C(=O)C2CCCO2)c(OC)c1. The summed E-state index contributed by atoms with van der Waals surface area (Å²) in [6.45, 7) is 1.18. The molecule has 160 valence electrons. The third-order valence-electron chi connectivity index (χ3n) is 5.36. The summed E-state index contributed by atoms with van der Waals surface area (Å²) in [6, 6.07) is 9.73. The predicted molar refractivity (Wildman–Crippen MR) is 112 cm³/mol. The van der Waals surface area contributed by atoms with E-state index < -0.39 is 10.0 Å². The van der Waals surface area contributed by atoms with E-state index in [0.717, 1.165) is 24.1 Å². The molecule has 2 aliphatic rings. The number of hydrogen-bond acceptors (Lipinski definition) is 6. The van der Waals surface area contributed by atoms with Gasteiger partial charge in [-0.2, -0.15) is 0 Å². The highest BCUT2D eigenvalue weighted by Gasteiger charge is 2.33. The highest BCUT2D eigenvalue weighted by Crippen LogP contribution is 2.34. The van der Waals surface area contributed by atoms with Crippen molar-refractivity contribution in [2.75, 3.05) is 37.0 Å². The van der Waals surface area contributed by atoms with Gasteiger partial charge in [-0.05, 0) is 55.2 Å². The Kier molecular flexibility index (Phi) is 5.57. The van der Waals surface area contributed by atoms with Crippen LogP contribution in [0.15, 0.2) is 41.3 Å². The number of carbonyl (C=O) groups excluding carboxylic acids is 1. The summed E-state index contributed by atoms with van der Waals surface area (Å²) < 4.78 is 44.3. The molecule has 1 saturated heterocycles. The second kappa shape index (κ2) is 8.16. The van der Waals surface area contributed by atoms with Crippen molar-refractivity contribution in [3.63, 3.8) is 0 Å². The zero-order chi connectivity index (χ0) is 21.3. The van der Waals surface area contributed by atoms with Crippen LogP contribution >= 0.6 is 0 Å². The lowest BCUT2D eigenvalue weighted by Gasteiger charge is -2.21. The van der Waals surface area contributed by atoms with Gasteiger partial charge in [-0.15, -0.1) is 0 Å². The average molecular weight is 432 g/mol. The maximum atomic E-state index is 12.9. The number of methoxy groups -OCH3 is 2. The minimum Gasteiger partial charge on any atom is -0.497 e. The largest absolute Gasteiger partial charge is 0.497 e. The molecule has 1 fully saturated rings. The van der Waals surface area contributed by atoms with Crippen LogP contribution in [0.25, 0.3) is 0 Å². The quantitative estimate of drug-likeness (QED) is 0.754. The van der Waals surface area contributed by atoms with E-state index >= 15 is 0 Å². The van der Waals surface area contributed by atoms with Gasteiger partial charge in [0.15, 0.2) is 0 Å². The smallest absolute Gasteiger partial charge is 0.265 e. The van der Waals surface area contributed by atoms with E-state index in [0.29, 0.717) is 31.0 Å². The number of nitrogens with one attached hydrogen (secondary N) is 1. The van der Waals surface area contributed by atoms with E-state index in [1.165, 1.54) is 26.4 Å². The summed E-state index contributed by atoms with van der Waals surface area (Å²) in [4.78, 5) is 14.4. The second-order valence-electron chi connectivity index (χ2n) is 7.21. The molecule has 0 radical (unpaired) electrons. The first-order valence-corrected chi connectivity index (χ1v) is 11.2. The highest BCUT2D eigenvalue weighted by molar-refractivity contribution is 7.92. The fourth-order valence-corrected chi connectivity index (χ4v) is 5.05. The second-order valence-corrected chi connectivity index (χ2v) is 8.86. The Bertz CT molecular complexity index is 1060. The Labute approximate surface area is 175 Å². The van der Waals surface area contributed by atoms with Gasteiger partial charge in [-0.3, -0.25) is 9.52 Å². The molecule has 30 heavy (non-hydrogen) atoms. The third kappa shape index (κ3) is 3.82. The number of nitrogens with zero attached hydrogens (tertiary/aromatic N) is 1. The van der Waals surface area contributed by atoms with Crippen LogP contribution in [0.4, 0.5) is 11.4 Å². The number of hydrogen-bond donors (Lipinski definition) is 1. The molecule has 0 aromatic heterocycles. The van der Waals surface area contributed by atoms with Crippen molar-refractivity contribution in [2.45, 2.75) is 30.3 Å². The molecule has 1 amide bonds. The van der Waals surface area contributed by atoms with E-state index in [9.17, 15) is 13.2 Å². The fourth-order valence-electron chi connectivity index (χ4n) is 3.85.